The third kappa shape index (κ3) is 3.67. The Morgan fingerprint density at radius 3 is 2.53 bits per heavy atom. The van der Waals surface area contributed by atoms with Crippen LogP contribution in [-0.2, 0) is 0 Å². The van der Waals surface area contributed by atoms with E-state index < -0.39 is 0 Å². The van der Waals surface area contributed by atoms with Gasteiger partial charge in [-0.15, -0.1) is 0 Å². The van der Waals surface area contributed by atoms with Crippen LogP contribution in [0.5, 0.6) is 0 Å². The summed E-state index contributed by atoms with van der Waals surface area (Å²) in [5.74, 6) is -0.130. The monoisotopic (exact) mass is 406 g/mol. The maximum atomic E-state index is 13.5. The number of hydrogen-bond donors (Lipinski definition) is 2. The second kappa shape index (κ2) is 9.08. The van der Waals surface area contributed by atoms with Gasteiger partial charge in [0.15, 0.2) is 11.6 Å². The highest BCUT2D eigenvalue weighted by Gasteiger charge is 2.35. The van der Waals surface area contributed by atoms with Crippen LogP contribution in [0, 0.1) is 0 Å². The van der Waals surface area contributed by atoms with Gasteiger partial charge in [0.05, 0.1) is 11.7 Å². The number of carbonyl (C=O) groups excluding carboxylic acids is 2. The van der Waals surface area contributed by atoms with Gasteiger partial charge >= 0.3 is 0 Å². The number of nitrogens with one attached hydrogen (secondary N) is 1. The van der Waals surface area contributed by atoms with Crippen LogP contribution < -0.4 is 16.0 Å². The van der Waals surface area contributed by atoms with E-state index in [9.17, 15) is 9.59 Å². The molecule has 1 atom stereocenters. The Morgan fingerprint density at radius 2 is 1.80 bits per heavy atom. The molecule has 0 radical (unpaired) electrons. The molecule has 30 heavy (non-hydrogen) atoms. The Labute approximate surface area is 178 Å². The molecule has 1 unspecified atom stereocenters. The number of anilines is 1. The van der Waals surface area contributed by atoms with Crippen molar-refractivity contribution >= 4 is 17.3 Å². The third-order valence-corrected chi connectivity index (χ3v) is 6.04. The van der Waals surface area contributed by atoms with Gasteiger partial charge in [-0.1, -0.05) is 43.3 Å². The van der Waals surface area contributed by atoms with Crippen LogP contribution in [0.3, 0.4) is 0 Å². The third-order valence-electron chi connectivity index (χ3n) is 6.04. The van der Waals surface area contributed by atoms with E-state index in [1.54, 1.807) is 18.2 Å². The SMILES string of the molecule is CCCN(c1cccc2c1C(=O)c1ccccc1C2=O)C1CNCCN1CCCN. The zero-order valence-electron chi connectivity index (χ0n) is 17.6. The lowest BCUT2D eigenvalue weighted by Crippen LogP contribution is -2.60. The van der Waals surface area contributed by atoms with E-state index in [0.717, 1.165) is 51.3 Å². The molecule has 1 saturated heterocycles. The van der Waals surface area contributed by atoms with E-state index in [1.807, 2.05) is 24.3 Å². The first-order valence-corrected chi connectivity index (χ1v) is 10.9. The van der Waals surface area contributed by atoms with Crippen molar-refractivity contribution in [3.8, 4) is 0 Å². The molecule has 1 heterocycles. The molecule has 0 amide bonds. The normalized spacial score (nSPS) is 18.8. The first-order chi connectivity index (χ1) is 14.7. The minimum absolute atomic E-state index is 0.0609. The molecule has 4 rings (SSSR count). The predicted octanol–water partition coefficient (Wildman–Crippen LogP) is 2.26. The average molecular weight is 407 g/mol. The number of fused-ring (bicyclic) bond motifs is 2. The van der Waals surface area contributed by atoms with Gasteiger partial charge in [-0.2, -0.15) is 0 Å². The summed E-state index contributed by atoms with van der Waals surface area (Å²) in [6.45, 7) is 7.24. The van der Waals surface area contributed by atoms with Crippen LogP contribution in [-0.4, -0.2) is 61.9 Å². The zero-order chi connectivity index (χ0) is 21.1. The summed E-state index contributed by atoms with van der Waals surface area (Å²) in [7, 11) is 0. The molecule has 0 aromatic heterocycles. The number of rotatable bonds is 7. The number of nitrogens with two attached hydrogens (primary N) is 1. The van der Waals surface area contributed by atoms with Crippen molar-refractivity contribution in [1.82, 2.24) is 10.2 Å². The first kappa shape index (κ1) is 20.7. The highest BCUT2D eigenvalue weighted by Crippen LogP contribution is 2.35. The van der Waals surface area contributed by atoms with Gasteiger partial charge in [0.1, 0.15) is 0 Å². The summed E-state index contributed by atoms with van der Waals surface area (Å²) in [5, 5.41) is 3.50. The largest absolute Gasteiger partial charge is 0.354 e. The Bertz CT molecular complexity index is 943. The lowest BCUT2D eigenvalue weighted by molar-refractivity contribution is 0.0978. The molecule has 1 fully saturated rings. The van der Waals surface area contributed by atoms with E-state index in [2.05, 4.69) is 22.0 Å². The van der Waals surface area contributed by atoms with Crippen LogP contribution in [0.1, 0.15) is 51.6 Å². The molecular weight excluding hydrogens is 376 g/mol. The molecule has 0 saturated carbocycles. The Morgan fingerprint density at radius 1 is 1.07 bits per heavy atom. The highest BCUT2D eigenvalue weighted by molar-refractivity contribution is 6.30. The van der Waals surface area contributed by atoms with Crippen molar-refractivity contribution in [2.24, 2.45) is 5.73 Å². The maximum Gasteiger partial charge on any atom is 0.196 e. The van der Waals surface area contributed by atoms with Gasteiger partial charge in [0.2, 0.25) is 0 Å². The van der Waals surface area contributed by atoms with Gasteiger partial charge in [0, 0.05) is 55.1 Å². The van der Waals surface area contributed by atoms with Crippen molar-refractivity contribution < 1.29 is 9.59 Å². The molecule has 2 aromatic rings. The molecule has 6 nitrogen and oxygen atoms in total. The van der Waals surface area contributed by atoms with Crippen molar-refractivity contribution in [1.29, 1.82) is 0 Å². The molecule has 3 N–H and O–H groups in total. The summed E-state index contributed by atoms with van der Waals surface area (Å²) >= 11 is 0. The predicted molar refractivity (Wildman–Crippen MR) is 119 cm³/mol. The highest BCUT2D eigenvalue weighted by atomic mass is 16.1. The average Bonchev–Trinajstić information content (AvgIpc) is 2.79. The summed E-state index contributed by atoms with van der Waals surface area (Å²) in [6, 6.07) is 12.8. The Hall–Kier alpha value is -2.54. The number of piperazine rings is 1. The number of nitrogens with zero attached hydrogens (tertiary/aromatic N) is 2. The van der Waals surface area contributed by atoms with E-state index in [4.69, 9.17) is 5.73 Å². The van der Waals surface area contributed by atoms with Crippen LogP contribution >= 0.6 is 0 Å². The fourth-order valence-electron chi connectivity index (χ4n) is 4.63. The quantitative estimate of drug-likeness (QED) is 0.627. The van der Waals surface area contributed by atoms with Crippen molar-refractivity contribution in [3.63, 3.8) is 0 Å². The molecular formula is C24H30N4O2. The molecule has 2 aliphatic rings. The fraction of sp³-hybridized carbons (Fsp3) is 0.417. The molecule has 0 spiro atoms. The minimum Gasteiger partial charge on any atom is -0.354 e. The Balaban J connectivity index is 1.78. The molecule has 0 bridgehead atoms. The molecule has 2 aromatic carbocycles. The standard InChI is InChI=1S/C24H30N4O2/c1-2-13-28(21-16-26-12-15-27(21)14-6-11-25)20-10-5-9-19-22(20)24(30)18-8-4-3-7-17(18)23(19)29/h3-5,7-10,21,26H,2,6,11-16,25H2,1H3. The topological polar surface area (TPSA) is 78.7 Å². The summed E-state index contributed by atoms with van der Waals surface area (Å²) in [5.41, 5.74) is 8.67. The smallest absolute Gasteiger partial charge is 0.196 e. The number of ketones is 2. The van der Waals surface area contributed by atoms with Crippen molar-refractivity contribution in [2.75, 3.05) is 44.2 Å². The van der Waals surface area contributed by atoms with Gasteiger partial charge in [-0.05, 0) is 25.5 Å². The fourth-order valence-corrected chi connectivity index (χ4v) is 4.63. The van der Waals surface area contributed by atoms with Crippen LogP contribution in [0.15, 0.2) is 42.5 Å². The van der Waals surface area contributed by atoms with Crippen LogP contribution in [0.25, 0.3) is 0 Å². The Kier molecular flexibility index (Phi) is 6.27. The zero-order valence-corrected chi connectivity index (χ0v) is 17.6. The summed E-state index contributed by atoms with van der Waals surface area (Å²) < 4.78 is 0. The van der Waals surface area contributed by atoms with E-state index in [-0.39, 0.29) is 17.7 Å². The molecule has 6 heteroatoms. The molecule has 1 aliphatic heterocycles. The van der Waals surface area contributed by atoms with Gasteiger partial charge in [-0.3, -0.25) is 14.5 Å². The summed E-state index contributed by atoms with van der Waals surface area (Å²) in [6.07, 6.45) is 2.01. The van der Waals surface area contributed by atoms with Crippen LogP contribution in [0.4, 0.5) is 5.69 Å². The van der Waals surface area contributed by atoms with Gasteiger partial charge < -0.3 is 16.0 Å². The molecule has 1 aliphatic carbocycles. The van der Waals surface area contributed by atoms with Crippen molar-refractivity contribution in [3.05, 3.63) is 64.7 Å². The minimum atomic E-state index is -0.0692. The second-order valence-corrected chi connectivity index (χ2v) is 7.96. The summed E-state index contributed by atoms with van der Waals surface area (Å²) in [4.78, 5) is 31.4. The van der Waals surface area contributed by atoms with E-state index >= 15 is 0 Å². The van der Waals surface area contributed by atoms with E-state index in [0.29, 0.717) is 28.8 Å². The van der Waals surface area contributed by atoms with Crippen molar-refractivity contribution in [2.45, 2.75) is 25.9 Å². The van der Waals surface area contributed by atoms with Gasteiger partial charge in [-0.25, -0.2) is 0 Å². The van der Waals surface area contributed by atoms with Gasteiger partial charge in [0.25, 0.3) is 0 Å². The van der Waals surface area contributed by atoms with E-state index in [1.165, 1.54) is 0 Å². The van der Waals surface area contributed by atoms with Crippen LogP contribution in [0.2, 0.25) is 0 Å². The number of benzene rings is 2. The lowest BCUT2D eigenvalue weighted by Gasteiger charge is -2.45. The lowest BCUT2D eigenvalue weighted by atomic mass is 9.83. The second-order valence-electron chi connectivity index (χ2n) is 7.96. The first-order valence-electron chi connectivity index (χ1n) is 10.9. The number of hydrogen-bond acceptors (Lipinski definition) is 6. The molecule has 158 valence electrons. The maximum absolute atomic E-state index is 13.5. The number of carbonyl (C=O) groups is 2.